The van der Waals surface area contributed by atoms with Crippen molar-refractivity contribution in [3.8, 4) is 0 Å². The molecule has 244 valence electrons. The number of benzene rings is 3. The summed E-state index contributed by atoms with van der Waals surface area (Å²) in [5.74, 6) is 0.325. The number of Topliss-reactive ketones (excluding diaryl/α,β-unsaturated/α-hetero) is 1. The van der Waals surface area contributed by atoms with Gasteiger partial charge in [0.25, 0.3) is 0 Å². The number of halogens is 2. The lowest BCUT2D eigenvalue weighted by molar-refractivity contribution is 0.0850. The fourth-order valence-electron chi connectivity index (χ4n) is 7.23. The van der Waals surface area contributed by atoms with Crippen molar-refractivity contribution in [2.75, 3.05) is 40.3 Å². The number of aryl methyl sites for hydroxylation is 4. The van der Waals surface area contributed by atoms with Gasteiger partial charge in [-0.15, -0.1) is 0 Å². The van der Waals surface area contributed by atoms with E-state index in [9.17, 15) is 4.79 Å². The fraction of sp³-hybridized carbons (Fsp3) is 0.366. The Labute approximate surface area is 290 Å². The Morgan fingerprint density at radius 1 is 0.723 bits per heavy atom. The molecule has 3 heterocycles. The number of fused-ring (bicyclic) bond motifs is 2. The maximum absolute atomic E-state index is 12.9. The number of pyridine rings is 1. The zero-order valence-electron chi connectivity index (χ0n) is 27.7. The first-order chi connectivity index (χ1) is 22.9. The van der Waals surface area contributed by atoms with Crippen molar-refractivity contribution in [1.29, 1.82) is 0 Å². The van der Waals surface area contributed by atoms with Gasteiger partial charge in [-0.05, 0) is 148 Å². The van der Waals surface area contributed by atoms with Crippen molar-refractivity contribution in [3.05, 3.63) is 140 Å². The van der Waals surface area contributed by atoms with Gasteiger partial charge < -0.3 is 9.80 Å². The molecule has 2 saturated heterocycles. The number of ketones is 1. The van der Waals surface area contributed by atoms with Gasteiger partial charge in [-0.1, -0.05) is 77.3 Å². The normalized spacial score (nSPS) is 17.3. The minimum absolute atomic E-state index is 0.112. The quantitative estimate of drug-likeness (QED) is 0.199. The summed E-state index contributed by atoms with van der Waals surface area (Å²) in [6.07, 6.45) is 9.76. The summed E-state index contributed by atoms with van der Waals surface area (Å²) in [7, 11) is 4.33. The summed E-state index contributed by atoms with van der Waals surface area (Å²) in [4.78, 5) is 22.0. The van der Waals surface area contributed by atoms with Crippen LogP contribution < -0.4 is 0 Å². The van der Waals surface area contributed by atoms with E-state index in [1.807, 2.05) is 36.4 Å². The molecule has 3 aliphatic rings. The van der Waals surface area contributed by atoms with Crippen molar-refractivity contribution in [2.45, 2.75) is 51.4 Å². The second-order valence-electron chi connectivity index (χ2n) is 13.3. The van der Waals surface area contributed by atoms with Gasteiger partial charge in [0.15, 0.2) is 5.78 Å². The van der Waals surface area contributed by atoms with E-state index < -0.39 is 0 Å². The van der Waals surface area contributed by atoms with Crippen LogP contribution in [0.5, 0.6) is 0 Å². The average molecular weight is 667 g/mol. The Bertz CT molecular complexity index is 1730. The highest BCUT2D eigenvalue weighted by Crippen LogP contribution is 2.39. The van der Waals surface area contributed by atoms with E-state index in [2.05, 4.69) is 71.3 Å². The van der Waals surface area contributed by atoms with Gasteiger partial charge in [0.05, 0.1) is 0 Å². The second kappa shape index (κ2) is 15.7. The van der Waals surface area contributed by atoms with Crippen LogP contribution in [-0.4, -0.2) is 60.8 Å². The van der Waals surface area contributed by atoms with Crippen LogP contribution >= 0.6 is 23.2 Å². The van der Waals surface area contributed by atoms with Gasteiger partial charge in [0, 0.05) is 35.2 Å². The van der Waals surface area contributed by atoms with E-state index in [1.54, 1.807) is 11.8 Å². The van der Waals surface area contributed by atoms with Gasteiger partial charge >= 0.3 is 0 Å². The summed E-state index contributed by atoms with van der Waals surface area (Å²) in [5.41, 5.74) is 11.7. The van der Waals surface area contributed by atoms with Crippen molar-refractivity contribution in [2.24, 2.45) is 5.92 Å². The number of hydrogen-bond acceptors (Lipinski definition) is 4. The van der Waals surface area contributed by atoms with E-state index in [0.717, 1.165) is 80.3 Å². The Morgan fingerprint density at radius 3 is 2.21 bits per heavy atom. The molecule has 4 nitrogen and oxygen atoms in total. The number of carbonyl (C=O) groups excluding carboxylic acids is 1. The third kappa shape index (κ3) is 8.42. The first-order valence-electron chi connectivity index (χ1n) is 17.0. The molecule has 3 aromatic carbocycles. The molecule has 1 aliphatic carbocycles. The third-order valence-electron chi connectivity index (χ3n) is 10.0. The molecule has 1 aromatic heterocycles. The molecule has 0 saturated carbocycles. The molecule has 0 radical (unpaired) electrons. The van der Waals surface area contributed by atoms with E-state index in [0.29, 0.717) is 5.69 Å². The van der Waals surface area contributed by atoms with Gasteiger partial charge in [0.2, 0.25) is 0 Å². The highest BCUT2D eigenvalue weighted by molar-refractivity contribution is 6.31. The van der Waals surface area contributed by atoms with Crippen LogP contribution in [0.3, 0.4) is 0 Å². The molecule has 0 unspecified atom stereocenters. The lowest BCUT2D eigenvalue weighted by Crippen LogP contribution is -2.34. The molecule has 0 atom stereocenters. The Morgan fingerprint density at radius 2 is 1.43 bits per heavy atom. The number of rotatable bonds is 5. The molecule has 2 aliphatic heterocycles. The topological polar surface area (TPSA) is 36.4 Å². The fourth-order valence-corrected chi connectivity index (χ4v) is 7.63. The predicted molar refractivity (Wildman–Crippen MR) is 196 cm³/mol. The Balaban J connectivity index is 0.000000164. The van der Waals surface area contributed by atoms with Gasteiger partial charge in [-0.2, -0.15) is 0 Å². The Hall–Kier alpha value is -3.28. The standard InChI is InChI=1S/C21H22ClN.C20H23ClN2O/c1-23-12-10-16(11-13-23)21-19-5-3-2-4-15(19)6-7-17-14-18(22)8-9-20(17)21;1-23-12-9-17(10-13-23)20(24)19-16(5-3-11-22-19)8-7-15-4-2-6-18(21)14-15/h2-5,8-9,14H,6-7,10-13H2,1H3;2-6,11,14,17H,7-10,12-13H2,1H3. The van der Waals surface area contributed by atoms with E-state index in [4.69, 9.17) is 23.2 Å². The molecule has 4 aromatic rings. The number of likely N-dealkylation sites (tertiary alicyclic amines) is 2. The molecule has 0 bridgehead atoms. The monoisotopic (exact) mass is 665 g/mol. The van der Waals surface area contributed by atoms with E-state index in [-0.39, 0.29) is 11.7 Å². The largest absolute Gasteiger partial charge is 0.306 e. The van der Waals surface area contributed by atoms with Crippen LogP contribution in [0, 0.1) is 5.92 Å². The molecule has 0 amide bonds. The number of aromatic nitrogens is 1. The highest BCUT2D eigenvalue weighted by atomic mass is 35.5. The summed E-state index contributed by atoms with van der Waals surface area (Å²) in [6, 6.07) is 27.2. The minimum atomic E-state index is 0.112. The SMILES string of the molecule is CN1CCC(=C2c3ccccc3CCc3cc(Cl)ccc32)CC1.CN1CCC(C(=O)c2ncccc2CCc2cccc(Cl)c2)CC1. The molecule has 0 N–H and O–H groups in total. The molecule has 0 spiro atoms. The highest BCUT2D eigenvalue weighted by Gasteiger charge is 2.27. The van der Waals surface area contributed by atoms with Crippen LogP contribution in [0.15, 0.2) is 90.6 Å². The summed E-state index contributed by atoms with van der Waals surface area (Å²) in [6.45, 7) is 4.29. The summed E-state index contributed by atoms with van der Waals surface area (Å²) in [5, 5.41) is 1.60. The average Bonchev–Trinajstić information content (AvgIpc) is 3.25. The predicted octanol–water partition coefficient (Wildman–Crippen LogP) is 9.01. The first kappa shape index (κ1) is 33.6. The molecule has 7 rings (SSSR count). The maximum atomic E-state index is 12.9. The minimum Gasteiger partial charge on any atom is -0.306 e. The molecule has 2 fully saturated rings. The number of piperidine rings is 2. The van der Waals surface area contributed by atoms with Crippen molar-refractivity contribution < 1.29 is 4.79 Å². The lowest BCUT2D eigenvalue weighted by atomic mass is 9.86. The molecular formula is C41H45Cl2N3O. The van der Waals surface area contributed by atoms with Crippen molar-refractivity contribution in [1.82, 2.24) is 14.8 Å². The van der Waals surface area contributed by atoms with Gasteiger partial charge in [0.1, 0.15) is 5.69 Å². The number of nitrogens with zero attached hydrogens (tertiary/aromatic N) is 3. The zero-order chi connectivity index (χ0) is 32.8. The van der Waals surface area contributed by atoms with Crippen LogP contribution in [0.1, 0.15) is 69.6 Å². The summed E-state index contributed by atoms with van der Waals surface area (Å²) < 4.78 is 0. The third-order valence-corrected chi connectivity index (χ3v) is 10.5. The smallest absolute Gasteiger partial charge is 0.184 e. The van der Waals surface area contributed by atoms with Gasteiger partial charge in [-0.3, -0.25) is 9.78 Å². The Kier molecular flexibility index (Phi) is 11.3. The first-order valence-corrected chi connectivity index (χ1v) is 17.8. The second-order valence-corrected chi connectivity index (χ2v) is 14.2. The van der Waals surface area contributed by atoms with Crippen LogP contribution in [0.2, 0.25) is 10.0 Å². The van der Waals surface area contributed by atoms with Crippen LogP contribution in [0.4, 0.5) is 0 Å². The van der Waals surface area contributed by atoms with E-state index in [1.165, 1.54) is 46.2 Å². The summed E-state index contributed by atoms with van der Waals surface area (Å²) >= 11 is 12.3. The van der Waals surface area contributed by atoms with Crippen molar-refractivity contribution in [3.63, 3.8) is 0 Å². The number of carbonyl (C=O) groups is 1. The zero-order valence-corrected chi connectivity index (χ0v) is 29.2. The molecule has 47 heavy (non-hydrogen) atoms. The van der Waals surface area contributed by atoms with Crippen LogP contribution in [-0.2, 0) is 25.7 Å². The number of hydrogen-bond donors (Lipinski definition) is 0. The van der Waals surface area contributed by atoms with Crippen LogP contribution in [0.25, 0.3) is 5.57 Å². The lowest BCUT2D eigenvalue weighted by Gasteiger charge is -2.28. The molecule has 6 heteroatoms. The molecular weight excluding hydrogens is 621 g/mol. The van der Waals surface area contributed by atoms with Gasteiger partial charge in [-0.25, -0.2) is 0 Å². The maximum Gasteiger partial charge on any atom is 0.184 e. The van der Waals surface area contributed by atoms with E-state index >= 15 is 0 Å². The van der Waals surface area contributed by atoms with Crippen molar-refractivity contribution >= 4 is 34.6 Å².